The molecule has 1 heterocycles. The Morgan fingerprint density at radius 1 is 1.50 bits per heavy atom. The number of alkyl halides is 3. The van der Waals surface area contributed by atoms with Crippen LogP contribution in [0.15, 0.2) is 17.4 Å². The standard InChI is InChI=1S/C12H17F3N4O/c1-7(2)19(6-12(13,14)15)11-9(10(16)18-20)8(3)4-5-17-11/h4-5,7,20H,6H2,1-3H3,(H2,16,18). The fourth-order valence-corrected chi connectivity index (χ4v) is 1.82. The molecule has 0 atom stereocenters. The second-order valence-electron chi connectivity index (χ2n) is 4.65. The monoisotopic (exact) mass is 290 g/mol. The first-order chi connectivity index (χ1) is 9.17. The van der Waals surface area contributed by atoms with E-state index >= 15 is 0 Å². The highest BCUT2D eigenvalue weighted by molar-refractivity contribution is 6.02. The number of aromatic nitrogens is 1. The Labute approximate surface area is 114 Å². The van der Waals surface area contributed by atoms with Gasteiger partial charge in [-0.3, -0.25) is 0 Å². The molecule has 1 rings (SSSR count). The largest absolute Gasteiger partial charge is 0.409 e. The molecule has 0 unspecified atom stereocenters. The summed E-state index contributed by atoms with van der Waals surface area (Å²) < 4.78 is 38.1. The summed E-state index contributed by atoms with van der Waals surface area (Å²) in [6, 6.07) is 1.14. The first-order valence-electron chi connectivity index (χ1n) is 5.94. The number of nitrogens with zero attached hydrogens (tertiary/aromatic N) is 3. The Morgan fingerprint density at radius 3 is 2.55 bits per heavy atom. The first kappa shape index (κ1) is 16.1. The molecule has 0 aliphatic rings. The quantitative estimate of drug-likeness (QED) is 0.386. The SMILES string of the molecule is Cc1ccnc(N(CC(F)(F)F)C(C)C)c1/C(N)=N/O. The van der Waals surface area contributed by atoms with E-state index in [4.69, 9.17) is 10.9 Å². The summed E-state index contributed by atoms with van der Waals surface area (Å²) >= 11 is 0. The number of aryl methyl sites for hydroxylation is 1. The number of amidine groups is 1. The molecule has 0 aliphatic carbocycles. The molecule has 0 spiro atoms. The van der Waals surface area contributed by atoms with E-state index in [0.717, 1.165) is 4.90 Å². The van der Waals surface area contributed by atoms with E-state index in [-0.39, 0.29) is 17.2 Å². The van der Waals surface area contributed by atoms with Crippen molar-refractivity contribution in [2.45, 2.75) is 33.0 Å². The van der Waals surface area contributed by atoms with Crippen molar-refractivity contribution in [2.24, 2.45) is 10.9 Å². The third-order valence-electron chi connectivity index (χ3n) is 2.75. The second-order valence-corrected chi connectivity index (χ2v) is 4.65. The number of oxime groups is 1. The number of pyridine rings is 1. The summed E-state index contributed by atoms with van der Waals surface area (Å²) in [6.07, 6.45) is -2.98. The van der Waals surface area contributed by atoms with Crippen molar-refractivity contribution >= 4 is 11.7 Å². The van der Waals surface area contributed by atoms with E-state index < -0.39 is 18.8 Å². The number of hydrogen-bond acceptors (Lipinski definition) is 4. The van der Waals surface area contributed by atoms with Crippen LogP contribution in [0.3, 0.4) is 0 Å². The molecule has 3 N–H and O–H groups in total. The second kappa shape index (κ2) is 5.98. The molecule has 1 aromatic heterocycles. The van der Waals surface area contributed by atoms with Crippen molar-refractivity contribution in [2.75, 3.05) is 11.4 Å². The number of halogens is 3. The van der Waals surface area contributed by atoms with Crippen LogP contribution < -0.4 is 10.6 Å². The third kappa shape index (κ3) is 3.75. The maximum Gasteiger partial charge on any atom is 0.405 e. The lowest BCUT2D eigenvalue weighted by atomic mass is 10.1. The van der Waals surface area contributed by atoms with Crippen molar-refractivity contribution in [3.05, 3.63) is 23.4 Å². The summed E-state index contributed by atoms with van der Waals surface area (Å²) in [7, 11) is 0. The zero-order valence-corrected chi connectivity index (χ0v) is 11.4. The molecule has 112 valence electrons. The van der Waals surface area contributed by atoms with E-state index in [2.05, 4.69) is 10.1 Å². The van der Waals surface area contributed by atoms with Crippen molar-refractivity contribution in [1.82, 2.24) is 4.98 Å². The van der Waals surface area contributed by atoms with Gasteiger partial charge in [0, 0.05) is 12.2 Å². The van der Waals surface area contributed by atoms with E-state index in [0.29, 0.717) is 5.56 Å². The van der Waals surface area contributed by atoms with Gasteiger partial charge in [-0.2, -0.15) is 13.2 Å². The number of nitrogens with two attached hydrogens (primary N) is 1. The Hall–Kier alpha value is -1.99. The van der Waals surface area contributed by atoms with Gasteiger partial charge in [-0.1, -0.05) is 5.16 Å². The normalized spacial score (nSPS) is 12.8. The van der Waals surface area contributed by atoms with Gasteiger partial charge in [-0.05, 0) is 32.4 Å². The van der Waals surface area contributed by atoms with Crippen LogP contribution in [0.5, 0.6) is 0 Å². The molecular formula is C12H17F3N4O. The Morgan fingerprint density at radius 2 is 2.10 bits per heavy atom. The predicted molar refractivity (Wildman–Crippen MR) is 70.0 cm³/mol. The Kier molecular flexibility index (Phi) is 4.80. The molecule has 20 heavy (non-hydrogen) atoms. The molecule has 0 amide bonds. The summed E-state index contributed by atoms with van der Waals surface area (Å²) in [5.41, 5.74) is 6.33. The number of rotatable bonds is 4. The highest BCUT2D eigenvalue weighted by Gasteiger charge is 2.34. The van der Waals surface area contributed by atoms with Gasteiger partial charge in [0.25, 0.3) is 0 Å². The molecule has 8 heteroatoms. The molecule has 0 bridgehead atoms. The van der Waals surface area contributed by atoms with Gasteiger partial charge < -0.3 is 15.8 Å². The lowest BCUT2D eigenvalue weighted by Crippen LogP contribution is -2.41. The summed E-state index contributed by atoms with van der Waals surface area (Å²) in [6.45, 7) is 3.73. The van der Waals surface area contributed by atoms with Crippen LogP contribution in [-0.2, 0) is 0 Å². The summed E-state index contributed by atoms with van der Waals surface area (Å²) in [4.78, 5) is 5.04. The average molecular weight is 290 g/mol. The fraction of sp³-hybridized carbons (Fsp3) is 0.500. The van der Waals surface area contributed by atoms with E-state index in [1.165, 1.54) is 6.20 Å². The molecule has 1 aromatic rings. The minimum absolute atomic E-state index is 0.0487. The zero-order valence-electron chi connectivity index (χ0n) is 11.4. The minimum Gasteiger partial charge on any atom is -0.409 e. The van der Waals surface area contributed by atoms with Crippen molar-refractivity contribution in [1.29, 1.82) is 0 Å². The van der Waals surface area contributed by atoms with Gasteiger partial charge in [0.2, 0.25) is 0 Å². The molecule has 0 aliphatic heterocycles. The van der Waals surface area contributed by atoms with E-state index in [1.54, 1.807) is 26.8 Å². The third-order valence-corrected chi connectivity index (χ3v) is 2.75. The van der Waals surface area contributed by atoms with Crippen LogP contribution in [-0.4, -0.2) is 34.8 Å². The molecule has 0 radical (unpaired) electrons. The van der Waals surface area contributed by atoms with Crippen LogP contribution in [0.1, 0.15) is 25.0 Å². The fourth-order valence-electron chi connectivity index (χ4n) is 1.82. The van der Waals surface area contributed by atoms with Crippen LogP contribution in [0.4, 0.5) is 19.0 Å². The smallest absolute Gasteiger partial charge is 0.405 e. The summed E-state index contributed by atoms with van der Waals surface area (Å²) in [5, 5.41) is 11.6. The zero-order chi connectivity index (χ0) is 15.5. The van der Waals surface area contributed by atoms with Crippen LogP contribution >= 0.6 is 0 Å². The topological polar surface area (TPSA) is 74.7 Å². The highest BCUT2D eigenvalue weighted by atomic mass is 19.4. The van der Waals surface area contributed by atoms with E-state index in [1.807, 2.05) is 0 Å². The van der Waals surface area contributed by atoms with Crippen LogP contribution in [0.25, 0.3) is 0 Å². The molecule has 5 nitrogen and oxygen atoms in total. The molecule has 0 fully saturated rings. The van der Waals surface area contributed by atoms with Crippen LogP contribution in [0.2, 0.25) is 0 Å². The van der Waals surface area contributed by atoms with Gasteiger partial charge in [0.1, 0.15) is 12.4 Å². The van der Waals surface area contributed by atoms with E-state index in [9.17, 15) is 13.2 Å². The van der Waals surface area contributed by atoms with Crippen LogP contribution in [0, 0.1) is 6.92 Å². The maximum atomic E-state index is 12.7. The molecule has 0 aromatic carbocycles. The summed E-state index contributed by atoms with van der Waals surface area (Å²) in [5.74, 6) is -0.217. The maximum absolute atomic E-state index is 12.7. The molecular weight excluding hydrogens is 273 g/mol. The lowest BCUT2D eigenvalue weighted by Gasteiger charge is -2.30. The van der Waals surface area contributed by atoms with Gasteiger partial charge in [0.05, 0.1) is 5.56 Å². The predicted octanol–water partition coefficient (Wildman–Crippen LogP) is 2.26. The van der Waals surface area contributed by atoms with Gasteiger partial charge in [-0.25, -0.2) is 4.98 Å². The molecule has 0 saturated heterocycles. The van der Waals surface area contributed by atoms with Crippen molar-refractivity contribution in [3.63, 3.8) is 0 Å². The first-order valence-corrected chi connectivity index (χ1v) is 5.94. The molecule has 0 saturated carbocycles. The van der Waals surface area contributed by atoms with Gasteiger partial charge in [-0.15, -0.1) is 0 Å². The van der Waals surface area contributed by atoms with Crippen molar-refractivity contribution in [3.8, 4) is 0 Å². The average Bonchev–Trinajstić information content (AvgIpc) is 2.33. The highest BCUT2D eigenvalue weighted by Crippen LogP contribution is 2.27. The Bertz CT molecular complexity index is 500. The van der Waals surface area contributed by atoms with Gasteiger partial charge >= 0.3 is 6.18 Å². The number of anilines is 1. The lowest BCUT2D eigenvalue weighted by molar-refractivity contribution is -0.120. The number of hydrogen-bond donors (Lipinski definition) is 2. The Balaban J connectivity index is 3.38. The van der Waals surface area contributed by atoms with Crippen molar-refractivity contribution < 1.29 is 18.4 Å². The van der Waals surface area contributed by atoms with Gasteiger partial charge in [0.15, 0.2) is 5.84 Å². The minimum atomic E-state index is -4.38.